The normalized spacial score (nSPS) is 14.1. The minimum Gasteiger partial charge on any atom is -0.379 e. The topological polar surface area (TPSA) is 137 Å². The maximum absolute atomic E-state index is 14.0. The number of pyridine rings is 2. The molecule has 41 heavy (non-hydrogen) atoms. The number of anilines is 2. The average Bonchev–Trinajstić information content (AvgIpc) is 3.43. The Morgan fingerprint density at radius 3 is 2.59 bits per heavy atom. The molecule has 0 bridgehead atoms. The third-order valence-corrected chi connectivity index (χ3v) is 6.33. The highest BCUT2D eigenvalue weighted by Gasteiger charge is 2.31. The molecule has 0 atom stereocenters. The molecule has 4 N–H and O–H groups in total. The van der Waals surface area contributed by atoms with E-state index in [4.69, 9.17) is 4.74 Å². The van der Waals surface area contributed by atoms with Crippen LogP contribution in [0.25, 0.3) is 22.3 Å². The van der Waals surface area contributed by atoms with Crippen LogP contribution in [-0.2, 0) is 10.9 Å². The van der Waals surface area contributed by atoms with Crippen LogP contribution in [0.3, 0.4) is 0 Å². The van der Waals surface area contributed by atoms with Crippen molar-refractivity contribution in [2.75, 3.05) is 50.0 Å². The number of morpholine rings is 1. The molecule has 0 radical (unpaired) electrons. The van der Waals surface area contributed by atoms with E-state index in [1.54, 1.807) is 12.1 Å². The smallest absolute Gasteiger partial charge is 0.379 e. The predicted molar refractivity (Wildman–Crippen MR) is 141 cm³/mol. The zero-order valence-corrected chi connectivity index (χ0v) is 21.4. The van der Waals surface area contributed by atoms with Crippen molar-refractivity contribution in [1.29, 1.82) is 0 Å². The first kappa shape index (κ1) is 27.9. The number of carbonyl (C=O) groups is 2. The molecule has 214 valence electrons. The summed E-state index contributed by atoms with van der Waals surface area (Å²) in [5.74, 6) is -1.28. The molecule has 1 aliphatic rings. The minimum absolute atomic E-state index is 0.0438. The van der Waals surface area contributed by atoms with Crippen LogP contribution in [0.15, 0.2) is 48.8 Å². The third-order valence-electron chi connectivity index (χ3n) is 6.33. The molecule has 0 spiro atoms. The Hall–Kier alpha value is -4.63. The van der Waals surface area contributed by atoms with E-state index < -0.39 is 29.3 Å². The van der Waals surface area contributed by atoms with E-state index >= 15 is 0 Å². The van der Waals surface area contributed by atoms with Crippen molar-refractivity contribution in [3.63, 3.8) is 0 Å². The van der Waals surface area contributed by atoms with Gasteiger partial charge in [0.2, 0.25) is 0 Å². The first-order chi connectivity index (χ1) is 19.7. The summed E-state index contributed by atoms with van der Waals surface area (Å²) in [6.45, 7) is 4.08. The number of amides is 3. The summed E-state index contributed by atoms with van der Waals surface area (Å²) in [5.41, 5.74) is -0.0605. The van der Waals surface area contributed by atoms with Crippen molar-refractivity contribution < 1.29 is 31.9 Å². The van der Waals surface area contributed by atoms with E-state index in [9.17, 15) is 27.2 Å². The lowest BCUT2D eigenvalue weighted by molar-refractivity contribution is -0.137. The molecule has 0 aliphatic carbocycles. The second kappa shape index (κ2) is 11.9. The number of nitrogens with one attached hydrogen (secondary N) is 4. The number of aromatic nitrogens is 4. The molecule has 4 aromatic rings. The molecular weight excluding hydrogens is 548 g/mol. The summed E-state index contributed by atoms with van der Waals surface area (Å²) in [6, 6.07) is 5.32. The van der Waals surface area contributed by atoms with Gasteiger partial charge in [-0.05, 0) is 36.4 Å². The number of ether oxygens (including phenoxy) is 1. The van der Waals surface area contributed by atoms with Crippen molar-refractivity contribution in [3.8, 4) is 11.3 Å². The molecular formula is C26H24F4N8O3. The number of rotatable bonds is 7. The van der Waals surface area contributed by atoms with E-state index in [1.165, 1.54) is 18.5 Å². The number of H-pyrrole nitrogens is 1. The first-order valence-electron chi connectivity index (χ1n) is 12.5. The first-order valence-corrected chi connectivity index (χ1v) is 12.5. The SMILES string of the molecule is O=C(Nc1ccc(-c2cc(C(=O)NCCN3CCOCC3)c3cn[nH]c3n2)cn1)Nc1cc(C(F)(F)F)ccc1F. The van der Waals surface area contributed by atoms with Gasteiger partial charge in [0.1, 0.15) is 11.6 Å². The molecule has 1 aromatic carbocycles. The number of aromatic amines is 1. The Bertz CT molecular complexity index is 1550. The quantitative estimate of drug-likeness (QED) is 0.247. The van der Waals surface area contributed by atoms with Crippen LogP contribution in [0.2, 0.25) is 0 Å². The largest absolute Gasteiger partial charge is 0.416 e. The van der Waals surface area contributed by atoms with Crippen LogP contribution >= 0.6 is 0 Å². The zero-order chi connectivity index (χ0) is 29.0. The summed E-state index contributed by atoms with van der Waals surface area (Å²) < 4.78 is 58.1. The van der Waals surface area contributed by atoms with Crippen molar-refractivity contribution in [1.82, 2.24) is 30.4 Å². The molecule has 3 aromatic heterocycles. The number of halogens is 4. The van der Waals surface area contributed by atoms with Gasteiger partial charge in [-0.1, -0.05) is 0 Å². The molecule has 15 heteroatoms. The van der Waals surface area contributed by atoms with E-state index in [1.807, 2.05) is 0 Å². The molecule has 3 amide bonds. The van der Waals surface area contributed by atoms with Gasteiger partial charge < -0.3 is 15.4 Å². The molecule has 1 aliphatic heterocycles. The number of hydrogen-bond acceptors (Lipinski definition) is 7. The van der Waals surface area contributed by atoms with Gasteiger partial charge in [-0.15, -0.1) is 0 Å². The molecule has 1 fully saturated rings. The fourth-order valence-electron chi connectivity index (χ4n) is 4.20. The fraction of sp³-hybridized carbons (Fsp3) is 0.269. The number of alkyl halides is 3. The number of fused-ring (bicyclic) bond motifs is 1. The highest BCUT2D eigenvalue weighted by molar-refractivity contribution is 6.06. The molecule has 1 saturated heterocycles. The summed E-state index contributed by atoms with van der Waals surface area (Å²) in [5, 5.41) is 14.6. The van der Waals surface area contributed by atoms with Gasteiger partial charge >= 0.3 is 12.2 Å². The minimum atomic E-state index is -4.70. The number of nitrogens with zero attached hydrogens (tertiary/aromatic N) is 4. The second-order valence-corrected chi connectivity index (χ2v) is 9.10. The summed E-state index contributed by atoms with van der Waals surface area (Å²) in [4.78, 5) is 36.1. The van der Waals surface area contributed by atoms with Crippen LogP contribution < -0.4 is 16.0 Å². The van der Waals surface area contributed by atoms with Gasteiger partial charge in [0.25, 0.3) is 5.91 Å². The number of hydrogen-bond donors (Lipinski definition) is 4. The molecule has 5 rings (SSSR count). The molecule has 4 heterocycles. The Morgan fingerprint density at radius 1 is 1.05 bits per heavy atom. The Kier molecular flexibility index (Phi) is 8.07. The highest BCUT2D eigenvalue weighted by atomic mass is 19.4. The predicted octanol–water partition coefficient (Wildman–Crippen LogP) is 3.88. The molecule has 0 saturated carbocycles. The van der Waals surface area contributed by atoms with E-state index in [-0.39, 0.29) is 11.7 Å². The molecule has 0 unspecified atom stereocenters. The molecule has 11 nitrogen and oxygen atoms in total. The van der Waals surface area contributed by atoms with Gasteiger partial charge in [-0.3, -0.25) is 20.1 Å². The van der Waals surface area contributed by atoms with E-state index in [0.717, 1.165) is 13.1 Å². The summed E-state index contributed by atoms with van der Waals surface area (Å²) >= 11 is 0. The standard InChI is InChI=1S/C26H24F4N8O3/c27-19-3-2-16(26(28,29)30)11-21(19)35-25(40)36-22-4-1-15(13-32-22)20-12-17(18-14-33-37-23(18)34-20)24(39)31-5-6-38-7-9-41-10-8-38/h1-4,11-14H,5-10H2,(H,31,39)(H,33,34,37)(H2,32,35,36,40). The lowest BCUT2D eigenvalue weighted by atomic mass is 10.1. The van der Waals surface area contributed by atoms with Crippen LogP contribution in [0, 0.1) is 5.82 Å². The van der Waals surface area contributed by atoms with E-state index in [2.05, 4.69) is 41.0 Å². The van der Waals surface area contributed by atoms with Crippen molar-refractivity contribution in [2.24, 2.45) is 0 Å². The zero-order valence-electron chi connectivity index (χ0n) is 21.4. The lowest BCUT2D eigenvalue weighted by Gasteiger charge is -2.26. The van der Waals surface area contributed by atoms with E-state index in [0.29, 0.717) is 72.4 Å². The van der Waals surface area contributed by atoms with Crippen LogP contribution in [0.4, 0.5) is 33.9 Å². The van der Waals surface area contributed by atoms with Crippen molar-refractivity contribution in [2.45, 2.75) is 6.18 Å². The van der Waals surface area contributed by atoms with Gasteiger partial charge in [-0.25, -0.2) is 19.2 Å². The maximum Gasteiger partial charge on any atom is 0.416 e. The summed E-state index contributed by atoms with van der Waals surface area (Å²) in [7, 11) is 0. The van der Waals surface area contributed by atoms with Crippen molar-refractivity contribution in [3.05, 3.63) is 65.7 Å². The monoisotopic (exact) mass is 572 g/mol. The van der Waals surface area contributed by atoms with Crippen LogP contribution in [0.5, 0.6) is 0 Å². The van der Waals surface area contributed by atoms with Gasteiger partial charge in [0, 0.05) is 37.9 Å². The number of benzene rings is 1. The average molecular weight is 573 g/mol. The third kappa shape index (κ3) is 6.75. The number of carbonyl (C=O) groups excluding carboxylic acids is 2. The Balaban J connectivity index is 1.26. The van der Waals surface area contributed by atoms with Gasteiger partial charge in [0.15, 0.2) is 5.65 Å². The Labute approximate surface area is 230 Å². The summed E-state index contributed by atoms with van der Waals surface area (Å²) in [6.07, 6.45) is -1.79. The van der Waals surface area contributed by atoms with Crippen LogP contribution in [-0.4, -0.2) is 76.4 Å². The van der Waals surface area contributed by atoms with Gasteiger partial charge in [0.05, 0.1) is 47.3 Å². The highest BCUT2D eigenvalue weighted by Crippen LogP contribution is 2.32. The van der Waals surface area contributed by atoms with Gasteiger partial charge in [-0.2, -0.15) is 18.3 Å². The Morgan fingerprint density at radius 2 is 1.85 bits per heavy atom. The second-order valence-electron chi connectivity index (χ2n) is 9.10. The maximum atomic E-state index is 14.0. The fourth-order valence-corrected chi connectivity index (χ4v) is 4.20. The lowest BCUT2D eigenvalue weighted by Crippen LogP contribution is -2.41. The van der Waals surface area contributed by atoms with Crippen molar-refractivity contribution >= 4 is 34.5 Å². The number of urea groups is 1. The van der Waals surface area contributed by atoms with Crippen LogP contribution in [0.1, 0.15) is 15.9 Å².